The monoisotopic (exact) mass is 664 g/mol. The summed E-state index contributed by atoms with van der Waals surface area (Å²) < 4.78 is 5.68. The smallest absolute Gasteiger partial charge is 0.407 e. The molecule has 1 atom stereocenters. The SMILES string of the molecule is CC[C@H](NC(=O)OCC1c2ccccc2-c2ccccc21)/C(CN=[N+]=[N-])=N\NC(=O)NCC1CCC(C(=O)NCc2ccc(C)cc2)CC1. The molecule has 1 saturated carbocycles. The van der Waals surface area contributed by atoms with Gasteiger partial charge in [-0.05, 0) is 78.3 Å². The van der Waals surface area contributed by atoms with Crippen molar-refractivity contribution in [2.75, 3.05) is 19.7 Å². The van der Waals surface area contributed by atoms with Gasteiger partial charge in [-0.15, -0.1) is 0 Å². The average Bonchev–Trinajstić information content (AvgIpc) is 3.45. The van der Waals surface area contributed by atoms with Gasteiger partial charge in [-0.3, -0.25) is 4.79 Å². The predicted molar refractivity (Wildman–Crippen MR) is 189 cm³/mol. The number of aryl methyl sites for hydroxylation is 1. The zero-order chi connectivity index (χ0) is 34.6. The van der Waals surface area contributed by atoms with E-state index in [4.69, 9.17) is 10.3 Å². The number of alkyl carbamates (subject to hydrolysis) is 1. The Morgan fingerprint density at radius 1 is 0.918 bits per heavy atom. The first kappa shape index (κ1) is 35.0. The van der Waals surface area contributed by atoms with Gasteiger partial charge in [-0.1, -0.05) is 90.4 Å². The summed E-state index contributed by atoms with van der Waals surface area (Å²) in [5.41, 5.74) is 18.5. The Bertz CT molecular complexity index is 1650. The second kappa shape index (κ2) is 17.2. The van der Waals surface area contributed by atoms with Crippen molar-refractivity contribution in [3.63, 3.8) is 0 Å². The molecular weight excluding hydrogens is 620 g/mol. The number of nitrogens with zero attached hydrogens (tertiary/aromatic N) is 4. The largest absolute Gasteiger partial charge is 0.449 e. The van der Waals surface area contributed by atoms with Gasteiger partial charge in [-0.25, -0.2) is 15.0 Å². The van der Waals surface area contributed by atoms with E-state index in [0.717, 1.165) is 53.5 Å². The van der Waals surface area contributed by atoms with Gasteiger partial charge in [0.25, 0.3) is 0 Å². The molecule has 4 amide bonds. The van der Waals surface area contributed by atoms with Crippen LogP contribution >= 0.6 is 0 Å². The average molecular weight is 665 g/mol. The predicted octanol–water partition coefficient (Wildman–Crippen LogP) is 6.70. The first-order chi connectivity index (χ1) is 23.9. The first-order valence-corrected chi connectivity index (χ1v) is 16.9. The molecule has 3 aromatic rings. The molecule has 12 nitrogen and oxygen atoms in total. The second-order valence-corrected chi connectivity index (χ2v) is 12.7. The van der Waals surface area contributed by atoms with E-state index in [2.05, 4.69) is 60.8 Å². The van der Waals surface area contributed by atoms with Crippen molar-refractivity contribution in [3.8, 4) is 11.1 Å². The van der Waals surface area contributed by atoms with Crippen LogP contribution in [0.1, 0.15) is 67.2 Å². The minimum Gasteiger partial charge on any atom is -0.449 e. The molecule has 0 aliphatic heterocycles. The number of hydrogen-bond donors (Lipinski definition) is 4. The lowest BCUT2D eigenvalue weighted by Crippen LogP contribution is -2.44. The first-order valence-electron chi connectivity index (χ1n) is 16.9. The van der Waals surface area contributed by atoms with Gasteiger partial charge < -0.3 is 20.7 Å². The van der Waals surface area contributed by atoms with Gasteiger partial charge in [0, 0.05) is 29.8 Å². The highest BCUT2D eigenvalue weighted by atomic mass is 16.5. The number of azide groups is 1. The maximum Gasteiger partial charge on any atom is 0.407 e. The van der Waals surface area contributed by atoms with Crippen molar-refractivity contribution >= 4 is 23.7 Å². The van der Waals surface area contributed by atoms with E-state index in [1.807, 2.05) is 62.4 Å². The van der Waals surface area contributed by atoms with Crippen LogP contribution in [-0.4, -0.2) is 49.5 Å². The molecule has 4 N–H and O–H groups in total. The summed E-state index contributed by atoms with van der Waals surface area (Å²) in [6, 6.07) is 23.2. The Kier molecular flexibility index (Phi) is 12.3. The van der Waals surface area contributed by atoms with E-state index >= 15 is 0 Å². The molecule has 0 aromatic heterocycles. The van der Waals surface area contributed by atoms with Crippen LogP contribution in [-0.2, 0) is 16.1 Å². The number of urea groups is 1. The van der Waals surface area contributed by atoms with Gasteiger partial charge in [0.1, 0.15) is 6.61 Å². The van der Waals surface area contributed by atoms with Gasteiger partial charge in [0.05, 0.1) is 18.3 Å². The van der Waals surface area contributed by atoms with E-state index in [0.29, 0.717) is 25.2 Å². The summed E-state index contributed by atoms with van der Waals surface area (Å²) in [5, 5.41) is 16.5. The summed E-state index contributed by atoms with van der Waals surface area (Å²) in [6.07, 6.45) is 2.98. The molecule has 256 valence electrons. The molecule has 0 saturated heterocycles. The Labute approximate surface area is 286 Å². The third-order valence-electron chi connectivity index (χ3n) is 9.40. The quantitative estimate of drug-likeness (QED) is 0.0524. The summed E-state index contributed by atoms with van der Waals surface area (Å²) >= 11 is 0. The third kappa shape index (κ3) is 9.39. The molecule has 0 spiro atoms. The van der Waals surface area contributed by atoms with Crippen molar-refractivity contribution < 1.29 is 19.1 Å². The molecule has 1 fully saturated rings. The van der Waals surface area contributed by atoms with Crippen LogP contribution in [0.3, 0.4) is 0 Å². The van der Waals surface area contributed by atoms with Crippen LogP contribution < -0.4 is 21.4 Å². The topological polar surface area (TPSA) is 170 Å². The fourth-order valence-corrected chi connectivity index (χ4v) is 6.60. The molecule has 12 heteroatoms. The van der Waals surface area contributed by atoms with E-state index in [1.54, 1.807) is 0 Å². The molecule has 3 aromatic carbocycles. The Morgan fingerprint density at radius 3 is 2.20 bits per heavy atom. The van der Waals surface area contributed by atoms with Crippen LogP contribution in [0, 0.1) is 18.8 Å². The van der Waals surface area contributed by atoms with Crippen molar-refractivity contribution in [2.45, 2.75) is 64.5 Å². The maximum absolute atomic E-state index is 12.9. The van der Waals surface area contributed by atoms with E-state index in [1.165, 1.54) is 5.56 Å². The highest BCUT2D eigenvalue weighted by Crippen LogP contribution is 2.44. The number of hydrogen-bond acceptors (Lipinski definition) is 6. The Morgan fingerprint density at radius 2 is 1.57 bits per heavy atom. The van der Waals surface area contributed by atoms with Gasteiger partial charge in [-0.2, -0.15) is 5.10 Å². The minimum absolute atomic E-state index is 0.0293. The standard InChI is InChI=1S/C37H44N8O4/c1-3-33(42-37(48)49-23-32-30-10-6-4-8-28(30)29-9-5-7-11-31(29)32)34(22-41-45-38)43-44-36(47)40-21-26-16-18-27(19-17-26)35(46)39-20-25-14-12-24(2)13-15-25/h4-15,26-27,32-33H,3,16-23H2,1-2H3,(H,39,46)(H,42,48)(H2,40,44,47)/b43-34-/t26?,27?,33-/m0/s1. The molecule has 2 aliphatic rings. The Balaban J connectivity index is 1.07. The number of amides is 4. The fourth-order valence-electron chi connectivity index (χ4n) is 6.60. The van der Waals surface area contributed by atoms with Crippen LogP contribution in [0.2, 0.25) is 0 Å². The molecular formula is C37H44N8O4. The molecule has 0 heterocycles. The Hall–Kier alpha value is -5.35. The number of carbonyl (C=O) groups is 3. The van der Waals surface area contributed by atoms with E-state index in [-0.39, 0.29) is 36.8 Å². The zero-order valence-corrected chi connectivity index (χ0v) is 28.0. The number of hydrazone groups is 1. The second-order valence-electron chi connectivity index (χ2n) is 12.7. The lowest BCUT2D eigenvalue weighted by molar-refractivity contribution is -0.126. The number of benzene rings is 3. The molecule has 0 radical (unpaired) electrons. The van der Waals surface area contributed by atoms with Crippen LogP contribution in [0.4, 0.5) is 9.59 Å². The third-order valence-corrected chi connectivity index (χ3v) is 9.40. The normalized spacial score (nSPS) is 17.5. The number of rotatable bonds is 13. The fraction of sp³-hybridized carbons (Fsp3) is 0.405. The van der Waals surface area contributed by atoms with Crippen LogP contribution in [0.5, 0.6) is 0 Å². The number of ether oxygens (including phenoxy) is 1. The molecule has 49 heavy (non-hydrogen) atoms. The van der Waals surface area contributed by atoms with Crippen molar-refractivity contribution in [1.82, 2.24) is 21.4 Å². The van der Waals surface area contributed by atoms with Gasteiger partial charge in [0.2, 0.25) is 5.91 Å². The van der Waals surface area contributed by atoms with Crippen LogP contribution in [0.25, 0.3) is 21.6 Å². The van der Waals surface area contributed by atoms with Crippen LogP contribution in [0.15, 0.2) is 83.0 Å². The van der Waals surface area contributed by atoms with Crippen molar-refractivity contribution in [3.05, 3.63) is 105 Å². The maximum atomic E-state index is 12.9. The van der Waals surface area contributed by atoms with Crippen molar-refractivity contribution in [2.24, 2.45) is 22.1 Å². The number of carbonyl (C=O) groups excluding carboxylic acids is 3. The highest BCUT2D eigenvalue weighted by molar-refractivity contribution is 5.94. The number of nitrogens with one attached hydrogen (secondary N) is 4. The highest BCUT2D eigenvalue weighted by Gasteiger charge is 2.30. The summed E-state index contributed by atoms with van der Waals surface area (Å²) in [7, 11) is 0. The molecule has 5 rings (SSSR count). The lowest BCUT2D eigenvalue weighted by atomic mass is 9.81. The van der Waals surface area contributed by atoms with Crippen molar-refractivity contribution in [1.29, 1.82) is 0 Å². The van der Waals surface area contributed by atoms with E-state index < -0.39 is 18.2 Å². The molecule has 2 aliphatic carbocycles. The zero-order valence-electron chi connectivity index (χ0n) is 28.0. The minimum atomic E-state index is -0.633. The summed E-state index contributed by atoms with van der Waals surface area (Å²) in [5.74, 6) is 0.204. The van der Waals surface area contributed by atoms with Gasteiger partial charge >= 0.3 is 12.1 Å². The van der Waals surface area contributed by atoms with E-state index in [9.17, 15) is 14.4 Å². The molecule has 0 unspecified atom stereocenters. The number of fused-ring (bicyclic) bond motifs is 3. The summed E-state index contributed by atoms with van der Waals surface area (Å²) in [4.78, 5) is 41.1. The molecule has 0 bridgehead atoms. The van der Waals surface area contributed by atoms with Gasteiger partial charge in [0.15, 0.2) is 0 Å². The lowest BCUT2D eigenvalue weighted by Gasteiger charge is -2.27. The summed E-state index contributed by atoms with van der Waals surface area (Å²) in [6.45, 7) is 4.85.